The molecule has 0 saturated carbocycles. The van der Waals surface area contributed by atoms with Crippen molar-refractivity contribution in [2.45, 2.75) is 5.91 Å². The van der Waals surface area contributed by atoms with Crippen LogP contribution >= 0.6 is 0 Å². The van der Waals surface area contributed by atoms with E-state index < -0.39 is 11.8 Å². The molecule has 0 spiro atoms. The highest BCUT2D eigenvalue weighted by Gasteiger charge is 2.51. The number of amides is 1. The number of primary amides is 1. The summed E-state index contributed by atoms with van der Waals surface area (Å²) in [5.74, 6) is -2.42. The van der Waals surface area contributed by atoms with Crippen molar-refractivity contribution >= 4 is 5.91 Å². The molecule has 0 atom stereocenters. The Kier molecular flexibility index (Phi) is 0.609. The van der Waals surface area contributed by atoms with E-state index in [1.807, 2.05) is 0 Å². The van der Waals surface area contributed by atoms with E-state index in [2.05, 4.69) is 15.5 Å². The van der Waals surface area contributed by atoms with Crippen LogP contribution in [0.25, 0.3) is 0 Å². The summed E-state index contributed by atoms with van der Waals surface area (Å²) in [5.41, 5.74) is 9.49. The Morgan fingerprint density at radius 1 is 1.57 bits per heavy atom. The lowest BCUT2D eigenvalue weighted by atomic mass is 10.5. The van der Waals surface area contributed by atoms with Crippen molar-refractivity contribution in [3.05, 3.63) is 0 Å². The Hall–Kier alpha value is -0.650. The molecule has 0 unspecified atom stereocenters. The molecule has 7 heavy (non-hydrogen) atoms. The molecule has 1 rings (SSSR count). The lowest BCUT2D eigenvalue weighted by Crippen LogP contribution is -2.39. The van der Waals surface area contributed by atoms with Crippen LogP contribution in [0, 0.1) is 0 Å². The van der Waals surface area contributed by atoms with Crippen LogP contribution in [-0.2, 0) is 14.6 Å². The van der Waals surface area contributed by atoms with Crippen LogP contribution in [-0.4, -0.2) is 11.8 Å². The van der Waals surface area contributed by atoms with Gasteiger partial charge in [-0.2, -0.15) is 9.78 Å². The van der Waals surface area contributed by atoms with Gasteiger partial charge in [0.25, 0.3) is 5.91 Å². The average molecular weight is 104 g/mol. The van der Waals surface area contributed by atoms with Crippen LogP contribution in [0.4, 0.5) is 0 Å². The van der Waals surface area contributed by atoms with Gasteiger partial charge in [-0.25, -0.2) is 0 Å². The third kappa shape index (κ3) is 0.560. The van der Waals surface area contributed by atoms with Crippen molar-refractivity contribution in [1.82, 2.24) is 0 Å². The van der Waals surface area contributed by atoms with Crippen molar-refractivity contribution in [3.63, 3.8) is 0 Å². The second-order valence-corrected chi connectivity index (χ2v) is 1.20. The first-order valence-electron chi connectivity index (χ1n) is 1.61. The molecule has 0 bridgehead atoms. The molecule has 0 aromatic heterocycles. The fourth-order valence-electron chi connectivity index (χ4n) is 0.127. The van der Waals surface area contributed by atoms with E-state index in [4.69, 9.17) is 5.73 Å². The molecule has 0 aromatic rings. The summed E-state index contributed by atoms with van der Waals surface area (Å²) in [7, 11) is 0. The zero-order valence-corrected chi connectivity index (χ0v) is 3.38. The van der Waals surface area contributed by atoms with Gasteiger partial charge >= 0.3 is 5.91 Å². The minimum Gasteiger partial charge on any atom is -0.364 e. The summed E-state index contributed by atoms with van der Waals surface area (Å²) in [5, 5.41) is 0. The zero-order chi connectivity index (χ0) is 5.49. The summed E-state index contributed by atoms with van der Waals surface area (Å²) in [4.78, 5) is 17.9. The van der Waals surface area contributed by atoms with Crippen LogP contribution in [0.1, 0.15) is 0 Å². The zero-order valence-electron chi connectivity index (χ0n) is 3.38. The van der Waals surface area contributed by atoms with Crippen LogP contribution in [0.5, 0.6) is 0 Å². The Bertz CT molecular complexity index is 108. The van der Waals surface area contributed by atoms with E-state index in [0.717, 1.165) is 0 Å². The van der Waals surface area contributed by atoms with E-state index in [1.165, 1.54) is 0 Å². The molecule has 1 aliphatic rings. The predicted octanol–water partition coefficient (Wildman–Crippen LogP) is -1.95. The Morgan fingerprint density at radius 3 is 2.00 bits per heavy atom. The first-order valence-corrected chi connectivity index (χ1v) is 1.61. The summed E-state index contributed by atoms with van der Waals surface area (Å²) < 4.78 is 0. The molecule has 1 amide bonds. The van der Waals surface area contributed by atoms with Crippen molar-refractivity contribution in [3.8, 4) is 0 Å². The SMILES string of the molecule is NC(=O)C1(N)OO1. The minimum atomic E-state index is -1.61. The van der Waals surface area contributed by atoms with E-state index in [1.54, 1.807) is 0 Å². The fourth-order valence-corrected chi connectivity index (χ4v) is 0.127. The maximum Gasteiger partial charge on any atom is 0.363 e. The van der Waals surface area contributed by atoms with Crippen molar-refractivity contribution < 1.29 is 14.6 Å². The normalized spacial score (nSPS) is 24.1. The second-order valence-electron chi connectivity index (χ2n) is 1.20. The minimum absolute atomic E-state index is 0.812. The smallest absolute Gasteiger partial charge is 0.363 e. The summed E-state index contributed by atoms with van der Waals surface area (Å²) in [6.45, 7) is 0. The van der Waals surface area contributed by atoms with Gasteiger partial charge in [-0.05, 0) is 0 Å². The topological polar surface area (TPSA) is 94.2 Å². The van der Waals surface area contributed by atoms with E-state index >= 15 is 0 Å². The van der Waals surface area contributed by atoms with Crippen molar-refractivity contribution in [2.24, 2.45) is 11.5 Å². The fraction of sp³-hybridized carbons (Fsp3) is 0.500. The van der Waals surface area contributed by atoms with Crippen molar-refractivity contribution in [1.29, 1.82) is 0 Å². The second kappa shape index (κ2) is 0.945. The summed E-state index contributed by atoms with van der Waals surface area (Å²) in [6.07, 6.45) is 0. The number of hydrogen-bond donors (Lipinski definition) is 2. The highest BCUT2D eigenvalue weighted by Crippen LogP contribution is 2.20. The molecule has 0 aliphatic carbocycles. The number of nitrogens with two attached hydrogens (primary N) is 2. The molecule has 5 heteroatoms. The molecule has 4 N–H and O–H groups in total. The van der Waals surface area contributed by atoms with Gasteiger partial charge in [0.05, 0.1) is 0 Å². The van der Waals surface area contributed by atoms with Crippen LogP contribution in [0.2, 0.25) is 0 Å². The Morgan fingerprint density at radius 2 is 2.00 bits per heavy atom. The van der Waals surface area contributed by atoms with Crippen LogP contribution in [0.3, 0.4) is 0 Å². The van der Waals surface area contributed by atoms with Gasteiger partial charge in [0.1, 0.15) is 0 Å². The Labute approximate surface area is 39.1 Å². The first kappa shape index (κ1) is 4.51. The lowest BCUT2D eigenvalue weighted by molar-refractivity contribution is -0.123. The third-order valence-corrected chi connectivity index (χ3v) is 0.606. The van der Waals surface area contributed by atoms with Gasteiger partial charge in [0.2, 0.25) is 0 Å². The quantitative estimate of drug-likeness (QED) is 0.298. The molecular weight excluding hydrogens is 100 g/mol. The molecule has 1 aliphatic heterocycles. The van der Waals surface area contributed by atoms with Gasteiger partial charge in [-0.3, -0.25) is 10.5 Å². The largest absolute Gasteiger partial charge is 0.364 e. The molecule has 1 heterocycles. The molecule has 40 valence electrons. The molecule has 5 nitrogen and oxygen atoms in total. The van der Waals surface area contributed by atoms with E-state index in [0.29, 0.717) is 0 Å². The summed E-state index contributed by atoms with van der Waals surface area (Å²) in [6, 6.07) is 0. The van der Waals surface area contributed by atoms with Crippen molar-refractivity contribution in [2.75, 3.05) is 0 Å². The standard InChI is InChI=1S/C2H4N2O3/c3-1(5)2(4)6-7-2/h4H2,(H2,3,5). The molecule has 1 saturated heterocycles. The lowest BCUT2D eigenvalue weighted by Gasteiger charge is -1.86. The number of carbonyl (C=O) groups is 1. The van der Waals surface area contributed by atoms with Gasteiger partial charge in [-0.1, -0.05) is 0 Å². The highest BCUT2D eigenvalue weighted by molar-refractivity contribution is 5.82. The van der Waals surface area contributed by atoms with E-state index in [-0.39, 0.29) is 0 Å². The van der Waals surface area contributed by atoms with E-state index in [9.17, 15) is 4.79 Å². The highest BCUT2D eigenvalue weighted by atomic mass is 17.4. The molecular formula is C2H4N2O3. The predicted molar refractivity (Wildman–Crippen MR) is 18.3 cm³/mol. The maximum absolute atomic E-state index is 9.93. The monoisotopic (exact) mass is 104 g/mol. The van der Waals surface area contributed by atoms with Gasteiger partial charge in [-0.15, -0.1) is 0 Å². The summed E-state index contributed by atoms with van der Waals surface area (Å²) >= 11 is 0. The molecule has 1 fully saturated rings. The molecule has 0 aromatic carbocycles. The number of hydrogen-bond acceptors (Lipinski definition) is 4. The van der Waals surface area contributed by atoms with Crippen LogP contribution in [0.15, 0.2) is 0 Å². The Balaban J connectivity index is 2.55. The number of carbonyl (C=O) groups excluding carboxylic acids is 1. The average Bonchev–Trinajstić information content (AvgIpc) is 2.21. The van der Waals surface area contributed by atoms with Gasteiger partial charge in [0, 0.05) is 0 Å². The maximum atomic E-state index is 9.93. The van der Waals surface area contributed by atoms with Gasteiger partial charge in [0.15, 0.2) is 0 Å². The third-order valence-electron chi connectivity index (χ3n) is 0.606. The number of rotatable bonds is 1. The first-order chi connectivity index (χ1) is 3.15. The van der Waals surface area contributed by atoms with Gasteiger partial charge < -0.3 is 5.73 Å². The van der Waals surface area contributed by atoms with Crippen LogP contribution < -0.4 is 11.5 Å². The molecule has 0 radical (unpaired) electrons.